The Kier molecular flexibility index (Phi) is 25.4. The van der Waals surface area contributed by atoms with E-state index in [9.17, 15) is 43.5 Å². The lowest BCUT2D eigenvalue weighted by Gasteiger charge is -2.26. The highest BCUT2D eigenvalue weighted by Gasteiger charge is 2.34. The number of guanidine groups is 3. The minimum Gasteiger partial charge on any atom is -0.508 e. The van der Waals surface area contributed by atoms with E-state index in [1.165, 1.54) is 51.0 Å². The predicted molar refractivity (Wildman–Crippen MR) is 275 cm³/mol. The number of primary amides is 1. The van der Waals surface area contributed by atoms with Gasteiger partial charge in [-0.05, 0) is 76.5 Å². The summed E-state index contributed by atoms with van der Waals surface area (Å²) < 4.78 is 0. The van der Waals surface area contributed by atoms with Crippen molar-refractivity contribution in [2.75, 3.05) is 19.6 Å². The predicted octanol–water partition coefficient (Wildman–Crippen LogP) is -1.69. The van der Waals surface area contributed by atoms with Crippen molar-refractivity contribution in [2.45, 2.75) is 115 Å². The molecule has 26 heteroatoms. The fourth-order valence-electron chi connectivity index (χ4n) is 8.07. The lowest BCUT2D eigenvalue weighted by atomic mass is 9.88. The molecule has 0 spiro atoms. The Balaban J connectivity index is 1.94. The number of phenols is 1. The number of amides is 4. The molecular formula is C48H73N17O9. The van der Waals surface area contributed by atoms with Gasteiger partial charge >= 0.3 is 0 Å². The van der Waals surface area contributed by atoms with Crippen LogP contribution in [0.15, 0.2) is 64.3 Å². The minimum absolute atomic E-state index is 0.0104. The molecule has 3 rings (SSSR count). The van der Waals surface area contributed by atoms with Crippen molar-refractivity contribution < 1.29 is 43.5 Å². The fourth-order valence-corrected chi connectivity index (χ4v) is 8.07. The van der Waals surface area contributed by atoms with Crippen molar-refractivity contribution in [1.29, 1.82) is 0 Å². The van der Waals surface area contributed by atoms with E-state index in [0.29, 0.717) is 23.4 Å². The van der Waals surface area contributed by atoms with Gasteiger partial charge in [-0.1, -0.05) is 12.1 Å². The van der Waals surface area contributed by atoms with Gasteiger partial charge in [-0.25, -0.2) is 9.97 Å². The summed E-state index contributed by atoms with van der Waals surface area (Å²) in [6.07, 6.45) is 5.56. The van der Waals surface area contributed by atoms with Gasteiger partial charge in [-0.15, -0.1) is 0 Å². The zero-order valence-corrected chi connectivity index (χ0v) is 42.0. The summed E-state index contributed by atoms with van der Waals surface area (Å²) in [5.74, 6) is -9.14. The van der Waals surface area contributed by atoms with Crippen molar-refractivity contribution in [3.8, 4) is 5.75 Å². The van der Waals surface area contributed by atoms with Crippen LogP contribution in [0.1, 0.15) is 95.0 Å². The Morgan fingerprint density at radius 2 is 0.959 bits per heavy atom. The van der Waals surface area contributed by atoms with Crippen LogP contribution in [0.3, 0.4) is 0 Å². The summed E-state index contributed by atoms with van der Waals surface area (Å²) in [7, 11) is 0. The molecule has 4 amide bonds. The van der Waals surface area contributed by atoms with Crippen LogP contribution in [-0.4, -0.2) is 127 Å². The lowest BCUT2D eigenvalue weighted by Crippen LogP contribution is -2.48. The summed E-state index contributed by atoms with van der Waals surface area (Å²) in [5, 5.41) is 18.3. The number of imidazole rings is 2. The fraction of sp³-hybridized carbons (Fsp3) is 0.521. The van der Waals surface area contributed by atoms with E-state index in [2.05, 4.69) is 50.9 Å². The monoisotopic (exact) mass is 1030 g/mol. The number of nitrogens with one attached hydrogen (secondary N) is 5. The second-order valence-corrected chi connectivity index (χ2v) is 18.2. The molecule has 0 saturated heterocycles. The van der Waals surface area contributed by atoms with Crippen LogP contribution < -0.4 is 56.1 Å². The highest BCUT2D eigenvalue weighted by atomic mass is 16.3. The van der Waals surface area contributed by atoms with Gasteiger partial charge in [0.2, 0.25) is 23.6 Å². The van der Waals surface area contributed by atoms with Crippen molar-refractivity contribution in [3.63, 3.8) is 0 Å². The maximum absolute atomic E-state index is 14.6. The average Bonchev–Trinajstić information content (AvgIpc) is 4.06. The SMILES string of the molecule is CC(=O)C[C@@H](Cc1cnc[nH]1)C(=O)N[C@@H](C)C(=O)C[C@@H](Cc1ccc(O)cc1)C(=O)N[C@@H](CCCN=C(N)N)C(=O)C[C@@H](Cc1cnc[nH]1)C(=O)N[C@@H](CCCN=C(N)N)C(=O)C[C@@H](CCCN=C(N)N)C(N)=O. The van der Waals surface area contributed by atoms with Crippen LogP contribution in [0.25, 0.3) is 0 Å². The third kappa shape index (κ3) is 22.9. The number of nitrogens with zero attached hydrogens (tertiary/aromatic N) is 5. The van der Waals surface area contributed by atoms with Crippen LogP contribution in [0.2, 0.25) is 0 Å². The van der Waals surface area contributed by atoms with Gasteiger partial charge in [0, 0.05) is 93.8 Å². The Morgan fingerprint density at radius 3 is 1.38 bits per heavy atom. The van der Waals surface area contributed by atoms with Gasteiger partial charge in [-0.2, -0.15) is 0 Å². The molecule has 0 bridgehead atoms. The third-order valence-corrected chi connectivity index (χ3v) is 12.0. The molecule has 0 saturated carbocycles. The third-order valence-electron chi connectivity index (χ3n) is 12.0. The molecule has 7 atom stereocenters. The summed E-state index contributed by atoms with van der Waals surface area (Å²) in [5.41, 5.74) is 40.3. The number of aromatic amines is 2. The Morgan fingerprint density at radius 1 is 0.554 bits per heavy atom. The Labute approximate surface area is 428 Å². The Hall–Kier alpha value is -8.19. The second-order valence-electron chi connectivity index (χ2n) is 18.2. The summed E-state index contributed by atoms with van der Waals surface area (Å²) >= 11 is 0. The molecule has 0 unspecified atom stereocenters. The number of benzene rings is 1. The first-order valence-electron chi connectivity index (χ1n) is 24.3. The van der Waals surface area contributed by atoms with Crippen LogP contribution in [0.5, 0.6) is 5.75 Å². The molecule has 1 aromatic carbocycles. The number of aromatic nitrogens is 4. The number of carbonyl (C=O) groups is 8. The number of aliphatic imine (C=N–C) groups is 3. The smallest absolute Gasteiger partial charge is 0.224 e. The molecule has 404 valence electrons. The molecular weight excluding hydrogens is 959 g/mol. The molecule has 2 aromatic heterocycles. The summed E-state index contributed by atoms with van der Waals surface area (Å²) in [6, 6.07) is 2.45. The molecule has 0 aliphatic carbocycles. The van der Waals surface area contributed by atoms with Gasteiger partial charge in [0.1, 0.15) is 11.5 Å². The molecule has 74 heavy (non-hydrogen) atoms. The van der Waals surface area contributed by atoms with Crippen molar-refractivity contribution in [2.24, 2.45) is 78.8 Å². The first-order chi connectivity index (χ1) is 35.1. The topological polar surface area (TPSA) is 469 Å². The number of Topliss-reactive ketones (excluding diaryl/α,β-unsaturated/α-hetero) is 4. The van der Waals surface area contributed by atoms with E-state index < -0.39 is 95.6 Å². The number of phenolic OH excluding ortho intramolecular Hbond substituents is 1. The largest absolute Gasteiger partial charge is 0.508 e. The maximum atomic E-state index is 14.6. The van der Waals surface area contributed by atoms with E-state index in [1.54, 1.807) is 12.1 Å². The van der Waals surface area contributed by atoms with E-state index >= 15 is 0 Å². The molecule has 0 fully saturated rings. The van der Waals surface area contributed by atoms with Gasteiger partial charge in [0.15, 0.2) is 35.2 Å². The van der Waals surface area contributed by atoms with Gasteiger partial charge in [0.25, 0.3) is 0 Å². The number of hydrogen-bond donors (Lipinski definition) is 13. The van der Waals surface area contributed by atoms with Crippen molar-refractivity contribution >= 4 is 64.6 Å². The number of ketones is 4. The maximum Gasteiger partial charge on any atom is 0.224 e. The van der Waals surface area contributed by atoms with Crippen LogP contribution >= 0.6 is 0 Å². The molecule has 0 aliphatic heterocycles. The van der Waals surface area contributed by atoms with E-state index in [-0.39, 0.29) is 113 Å². The molecule has 0 radical (unpaired) electrons. The van der Waals surface area contributed by atoms with Gasteiger partial charge < -0.3 is 76.0 Å². The van der Waals surface area contributed by atoms with Crippen molar-refractivity contribution in [1.82, 2.24) is 35.9 Å². The van der Waals surface area contributed by atoms with Crippen molar-refractivity contribution in [3.05, 3.63) is 66.3 Å². The Bertz CT molecular complexity index is 2400. The average molecular weight is 1030 g/mol. The number of aromatic hydroxyl groups is 1. The van der Waals surface area contributed by atoms with E-state index in [4.69, 9.17) is 40.1 Å². The highest BCUT2D eigenvalue weighted by molar-refractivity contribution is 5.97. The lowest BCUT2D eigenvalue weighted by molar-refractivity contribution is -0.135. The van der Waals surface area contributed by atoms with Crippen LogP contribution in [0, 0.1) is 23.7 Å². The highest BCUT2D eigenvalue weighted by Crippen LogP contribution is 2.22. The number of H-pyrrole nitrogens is 2. The number of nitrogens with two attached hydrogens (primary N) is 7. The second kappa shape index (κ2) is 31.3. The molecule has 20 N–H and O–H groups in total. The van der Waals surface area contributed by atoms with E-state index in [1.807, 2.05) is 0 Å². The molecule has 26 nitrogen and oxygen atoms in total. The van der Waals surface area contributed by atoms with Gasteiger partial charge in [-0.3, -0.25) is 48.5 Å². The van der Waals surface area contributed by atoms with Crippen LogP contribution in [0.4, 0.5) is 0 Å². The molecule has 2 heterocycles. The number of carbonyl (C=O) groups excluding carboxylic acids is 8. The zero-order chi connectivity index (χ0) is 54.7. The van der Waals surface area contributed by atoms with Crippen LogP contribution in [-0.2, 0) is 57.6 Å². The first kappa shape index (κ1) is 60.1. The standard InChI is InChI=1S/C48H73N17O9/c1-27(66)16-31(18-34-23-56-25-61-34)43(72)63-28(2)39(68)21-32(17-29-9-11-36(67)12-10-29)44(73)64-38(8-5-15-60-48(54)55)41(70)22-33(19-35-24-57-26-62-35)45(74)65-37(7-4-14-59-47(52)53)40(69)20-30(42(49)71)6-3-13-58-46(50)51/h9-12,23-26,28,30-33,37-38,67H,3-8,13-22H2,1-2H3,(H2,49,71)(H,56,61)(H,57,62)(H,63,72)(H,64,73)(H,65,74)(H4,50,51,58)(H4,52,53,59)(H4,54,55,60)/t28-,30+,31-,32+,33+,37-,38-/m0/s1. The minimum atomic E-state index is -1.26. The number of hydrogen-bond acceptors (Lipinski definition) is 14. The number of rotatable bonds is 36. The first-order valence-corrected chi connectivity index (χ1v) is 24.3. The molecule has 3 aromatic rings. The quantitative estimate of drug-likeness (QED) is 0.0176. The molecule has 0 aliphatic rings. The van der Waals surface area contributed by atoms with E-state index in [0.717, 1.165) is 0 Å². The normalized spacial score (nSPS) is 13.8. The summed E-state index contributed by atoms with van der Waals surface area (Å²) in [6.45, 7) is 3.19. The summed E-state index contributed by atoms with van der Waals surface area (Å²) in [4.78, 5) is 135. The van der Waals surface area contributed by atoms with Gasteiger partial charge in [0.05, 0.1) is 42.6 Å². The zero-order valence-electron chi connectivity index (χ0n) is 42.0.